The Labute approximate surface area is 112 Å². The van der Waals surface area contributed by atoms with Gasteiger partial charge in [0, 0.05) is 29.9 Å². The van der Waals surface area contributed by atoms with Crippen LogP contribution in [0.2, 0.25) is 5.02 Å². The Balaban J connectivity index is 2.30. The van der Waals surface area contributed by atoms with Crippen molar-refractivity contribution in [2.24, 2.45) is 0 Å². The molecule has 0 atom stereocenters. The first-order valence-electron chi connectivity index (χ1n) is 6.12. The molecule has 18 heavy (non-hydrogen) atoms. The zero-order valence-electron chi connectivity index (χ0n) is 10.1. The second-order valence-corrected chi connectivity index (χ2v) is 4.86. The van der Waals surface area contributed by atoms with E-state index in [0.29, 0.717) is 5.02 Å². The maximum Gasteiger partial charge on any atom is 0.328 e. The number of anilines is 1. The fourth-order valence-corrected chi connectivity index (χ4v) is 2.42. The molecule has 0 unspecified atom stereocenters. The van der Waals surface area contributed by atoms with Crippen molar-refractivity contribution in [1.82, 2.24) is 0 Å². The van der Waals surface area contributed by atoms with E-state index in [2.05, 4.69) is 4.90 Å². The molecule has 0 radical (unpaired) electrons. The van der Waals surface area contributed by atoms with Crippen molar-refractivity contribution < 1.29 is 9.90 Å². The first-order valence-corrected chi connectivity index (χ1v) is 6.50. The molecule has 1 aliphatic rings. The third kappa shape index (κ3) is 3.26. The summed E-state index contributed by atoms with van der Waals surface area (Å²) in [6.07, 6.45) is 6.40. The van der Waals surface area contributed by atoms with Crippen LogP contribution in [-0.4, -0.2) is 24.2 Å². The minimum atomic E-state index is -0.945. The highest BCUT2D eigenvalue weighted by Crippen LogP contribution is 2.28. The van der Waals surface area contributed by atoms with Crippen molar-refractivity contribution >= 4 is 29.3 Å². The number of nitrogens with zero attached hydrogens (tertiary/aromatic N) is 1. The van der Waals surface area contributed by atoms with Gasteiger partial charge >= 0.3 is 5.97 Å². The van der Waals surface area contributed by atoms with E-state index in [1.165, 1.54) is 19.3 Å². The van der Waals surface area contributed by atoms with Gasteiger partial charge in [-0.1, -0.05) is 11.6 Å². The van der Waals surface area contributed by atoms with Crippen molar-refractivity contribution in [1.29, 1.82) is 0 Å². The standard InChI is InChI=1S/C14H16ClNO2/c15-12-5-6-13(16-8-2-1-3-9-16)11(10-12)4-7-14(17)18/h4-7,10H,1-3,8-9H2,(H,17,18)/b7-4+. The number of hydrogen-bond acceptors (Lipinski definition) is 2. The van der Waals surface area contributed by atoms with E-state index in [4.69, 9.17) is 16.7 Å². The third-order valence-corrected chi connectivity index (χ3v) is 3.33. The molecule has 1 aromatic rings. The molecule has 0 amide bonds. The molecule has 1 N–H and O–H groups in total. The summed E-state index contributed by atoms with van der Waals surface area (Å²) >= 11 is 5.97. The molecule has 0 spiro atoms. The molecule has 1 aliphatic heterocycles. The molecule has 1 fully saturated rings. The predicted molar refractivity (Wildman–Crippen MR) is 74.2 cm³/mol. The molecule has 2 rings (SSSR count). The second kappa shape index (κ2) is 5.91. The molecular weight excluding hydrogens is 250 g/mol. The number of aliphatic carboxylic acids is 1. The first kappa shape index (κ1) is 13.0. The maximum atomic E-state index is 10.6. The number of halogens is 1. The van der Waals surface area contributed by atoms with Gasteiger partial charge in [-0.2, -0.15) is 0 Å². The average Bonchev–Trinajstić information content (AvgIpc) is 2.37. The summed E-state index contributed by atoms with van der Waals surface area (Å²) < 4.78 is 0. The molecule has 96 valence electrons. The van der Waals surface area contributed by atoms with Crippen molar-refractivity contribution in [2.45, 2.75) is 19.3 Å². The molecule has 4 heteroatoms. The van der Waals surface area contributed by atoms with E-state index in [1.807, 2.05) is 18.2 Å². The van der Waals surface area contributed by atoms with E-state index in [1.54, 1.807) is 6.08 Å². The Kier molecular flexibility index (Phi) is 4.26. The monoisotopic (exact) mass is 265 g/mol. The van der Waals surface area contributed by atoms with Gasteiger partial charge in [-0.25, -0.2) is 4.79 Å². The van der Waals surface area contributed by atoms with E-state index < -0.39 is 5.97 Å². The molecule has 0 aromatic heterocycles. The molecular formula is C14H16ClNO2. The van der Waals surface area contributed by atoms with Gasteiger partial charge in [-0.3, -0.25) is 0 Å². The quantitative estimate of drug-likeness (QED) is 0.852. The van der Waals surface area contributed by atoms with Crippen LogP contribution >= 0.6 is 11.6 Å². The Bertz CT molecular complexity index is 465. The zero-order valence-corrected chi connectivity index (χ0v) is 10.9. The normalized spacial score (nSPS) is 16.2. The smallest absolute Gasteiger partial charge is 0.328 e. The van der Waals surface area contributed by atoms with Crippen molar-refractivity contribution in [3.63, 3.8) is 0 Å². The van der Waals surface area contributed by atoms with E-state index in [0.717, 1.165) is 30.4 Å². The van der Waals surface area contributed by atoms with Gasteiger partial charge in [-0.15, -0.1) is 0 Å². The first-order chi connectivity index (χ1) is 8.66. The molecule has 1 aromatic carbocycles. The maximum absolute atomic E-state index is 10.6. The lowest BCUT2D eigenvalue weighted by molar-refractivity contribution is -0.131. The lowest BCUT2D eigenvalue weighted by Crippen LogP contribution is -2.29. The van der Waals surface area contributed by atoms with Crippen molar-refractivity contribution in [3.8, 4) is 0 Å². The van der Waals surface area contributed by atoms with Crippen molar-refractivity contribution in [3.05, 3.63) is 34.9 Å². The highest BCUT2D eigenvalue weighted by molar-refractivity contribution is 6.30. The number of hydrogen-bond donors (Lipinski definition) is 1. The van der Waals surface area contributed by atoms with Gasteiger partial charge in [-0.05, 0) is 49.1 Å². The fourth-order valence-electron chi connectivity index (χ4n) is 2.24. The summed E-state index contributed by atoms with van der Waals surface area (Å²) in [5.41, 5.74) is 1.93. The van der Waals surface area contributed by atoms with Crippen LogP contribution in [0.5, 0.6) is 0 Å². The molecule has 3 nitrogen and oxygen atoms in total. The Morgan fingerprint density at radius 3 is 2.67 bits per heavy atom. The number of carboxylic acid groups (broad SMARTS) is 1. The lowest BCUT2D eigenvalue weighted by Gasteiger charge is -2.30. The summed E-state index contributed by atoms with van der Waals surface area (Å²) in [4.78, 5) is 12.9. The Hall–Kier alpha value is -1.48. The van der Waals surface area contributed by atoms with Crippen LogP contribution in [0, 0.1) is 0 Å². The van der Waals surface area contributed by atoms with Gasteiger partial charge in [0.15, 0.2) is 0 Å². The number of carboxylic acids is 1. The van der Waals surface area contributed by atoms with E-state index in [-0.39, 0.29) is 0 Å². The SMILES string of the molecule is O=C(O)/C=C/c1cc(Cl)ccc1N1CCCCC1. The lowest BCUT2D eigenvalue weighted by atomic mass is 10.1. The summed E-state index contributed by atoms with van der Waals surface area (Å²) in [6.45, 7) is 2.05. The van der Waals surface area contributed by atoms with Crippen LogP contribution in [-0.2, 0) is 4.79 Å². The Morgan fingerprint density at radius 2 is 2.00 bits per heavy atom. The zero-order chi connectivity index (χ0) is 13.0. The van der Waals surface area contributed by atoms with Crippen LogP contribution in [0.3, 0.4) is 0 Å². The van der Waals surface area contributed by atoms with Gasteiger partial charge in [0.2, 0.25) is 0 Å². The summed E-state index contributed by atoms with van der Waals surface area (Å²) in [7, 11) is 0. The van der Waals surface area contributed by atoms with E-state index >= 15 is 0 Å². The fraction of sp³-hybridized carbons (Fsp3) is 0.357. The van der Waals surface area contributed by atoms with Crippen LogP contribution in [0.25, 0.3) is 6.08 Å². The molecule has 0 aliphatic carbocycles. The summed E-state index contributed by atoms with van der Waals surface area (Å²) in [5, 5.41) is 9.34. The van der Waals surface area contributed by atoms with Gasteiger partial charge in [0.25, 0.3) is 0 Å². The molecule has 1 heterocycles. The molecule has 0 saturated carbocycles. The molecule has 1 saturated heterocycles. The van der Waals surface area contributed by atoms with Gasteiger partial charge in [0.05, 0.1) is 0 Å². The number of carbonyl (C=O) groups is 1. The second-order valence-electron chi connectivity index (χ2n) is 4.42. The average molecular weight is 266 g/mol. The van der Waals surface area contributed by atoms with Gasteiger partial charge < -0.3 is 10.0 Å². The highest BCUT2D eigenvalue weighted by Gasteiger charge is 2.13. The third-order valence-electron chi connectivity index (χ3n) is 3.09. The van der Waals surface area contributed by atoms with Crippen LogP contribution in [0.1, 0.15) is 24.8 Å². The van der Waals surface area contributed by atoms with Gasteiger partial charge in [0.1, 0.15) is 0 Å². The number of benzene rings is 1. The Morgan fingerprint density at radius 1 is 1.28 bits per heavy atom. The predicted octanol–water partition coefficient (Wildman–Crippen LogP) is 3.43. The topological polar surface area (TPSA) is 40.5 Å². The summed E-state index contributed by atoms with van der Waals surface area (Å²) in [5.74, 6) is -0.945. The van der Waals surface area contributed by atoms with Crippen LogP contribution in [0.4, 0.5) is 5.69 Å². The number of piperidine rings is 1. The van der Waals surface area contributed by atoms with E-state index in [9.17, 15) is 4.79 Å². The minimum absolute atomic E-state index is 0.626. The summed E-state index contributed by atoms with van der Waals surface area (Å²) in [6, 6.07) is 5.63. The molecule has 0 bridgehead atoms. The van der Waals surface area contributed by atoms with Crippen molar-refractivity contribution in [2.75, 3.05) is 18.0 Å². The van der Waals surface area contributed by atoms with Crippen LogP contribution < -0.4 is 4.90 Å². The number of rotatable bonds is 3. The largest absolute Gasteiger partial charge is 0.478 e. The highest BCUT2D eigenvalue weighted by atomic mass is 35.5. The van der Waals surface area contributed by atoms with Crippen LogP contribution in [0.15, 0.2) is 24.3 Å². The minimum Gasteiger partial charge on any atom is -0.478 e.